The monoisotopic (exact) mass is 217 g/mol. The molecule has 0 aliphatic heterocycles. The first-order chi connectivity index (χ1) is 4.18. The summed E-state index contributed by atoms with van der Waals surface area (Å²) in [5.41, 5.74) is 5.28. The van der Waals surface area contributed by atoms with Gasteiger partial charge in [-0.3, -0.25) is 0 Å². The second-order valence-corrected chi connectivity index (χ2v) is 5.01. The molecule has 0 aromatic carbocycles. The molecule has 3 N–H and O–H groups in total. The SMILES string of the molecule is CSCCC(N)[Se](=O)O. The summed E-state index contributed by atoms with van der Waals surface area (Å²) in [6.45, 7) is 0. The molecule has 0 rings (SSSR count). The van der Waals surface area contributed by atoms with Crippen LogP contribution in [0.3, 0.4) is 0 Å². The molecule has 0 fully saturated rings. The third kappa shape index (κ3) is 5.06. The summed E-state index contributed by atoms with van der Waals surface area (Å²) in [5, 5.41) is 0. The van der Waals surface area contributed by atoms with Gasteiger partial charge in [0.25, 0.3) is 0 Å². The summed E-state index contributed by atoms with van der Waals surface area (Å²) >= 11 is -1.03. The van der Waals surface area contributed by atoms with E-state index < -0.39 is 19.1 Å². The van der Waals surface area contributed by atoms with Crippen molar-refractivity contribution in [1.82, 2.24) is 0 Å². The van der Waals surface area contributed by atoms with Gasteiger partial charge in [0, 0.05) is 0 Å². The Kier molecular flexibility index (Phi) is 5.73. The fraction of sp³-hybridized carbons (Fsp3) is 1.00. The van der Waals surface area contributed by atoms with Crippen molar-refractivity contribution in [3.05, 3.63) is 0 Å². The van der Waals surface area contributed by atoms with Gasteiger partial charge in [-0.1, -0.05) is 0 Å². The third-order valence-corrected chi connectivity index (χ3v) is 3.09. The zero-order chi connectivity index (χ0) is 7.28. The van der Waals surface area contributed by atoms with Gasteiger partial charge < -0.3 is 0 Å². The van der Waals surface area contributed by atoms with Gasteiger partial charge in [0.05, 0.1) is 0 Å². The van der Waals surface area contributed by atoms with E-state index in [-0.39, 0.29) is 0 Å². The fourth-order valence-electron chi connectivity index (χ4n) is 0.335. The maximum absolute atomic E-state index is 10.3. The summed E-state index contributed by atoms with van der Waals surface area (Å²) in [4.78, 5) is -0.475. The summed E-state index contributed by atoms with van der Waals surface area (Å²) in [6, 6.07) is 0. The van der Waals surface area contributed by atoms with Crippen LogP contribution < -0.4 is 5.73 Å². The van der Waals surface area contributed by atoms with Crippen LogP contribution >= 0.6 is 11.8 Å². The van der Waals surface area contributed by atoms with E-state index in [4.69, 9.17) is 9.92 Å². The van der Waals surface area contributed by atoms with Gasteiger partial charge in [-0.05, 0) is 0 Å². The first-order valence-corrected chi connectivity index (χ1v) is 6.37. The first-order valence-electron chi connectivity index (χ1n) is 2.52. The Bertz CT molecular complexity index is 101. The normalized spacial score (nSPS) is 17.2. The van der Waals surface area contributed by atoms with E-state index in [2.05, 4.69) is 0 Å². The van der Waals surface area contributed by atoms with E-state index in [0.29, 0.717) is 6.42 Å². The molecule has 0 amide bonds. The molecule has 0 spiro atoms. The number of hydrogen-bond acceptors (Lipinski definition) is 3. The zero-order valence-corrected chi connectivity index (χ0v) is 7.77. The van der Waals surface area contributed by atoms with Crippen molar-refractivity contribution in [2.75, 3.05) is 12.0 Å². The average molecular weight is 216 g/mol. The van der Waals surface area contributed by atoms with E-state index in [1.54, 1.807) is 11.8 Å². The number of nitrogens with two attached hydrogens (primary N) is 1. The molecule has 0 saturated carbocycles. The van der Waals surface area contributed by atoms with Crippen LogP contribution in [0.2, 0.25) is 0 Å². The summed E-state index contributed by atoms with van der Waals surface area (Å²) in [6.07, 6.45) is 2.59. The predicted molar refractivity (Wildman–Crippen MR) is 39.6 cm³/mol. The van der Waals surface area contributed by atoms with Gasteiger partial charge in [0.2, 0.25) is 0 Å². The van der Waals surface area contributed by atoms with Gasteiger partial charge in [-0.2, -0.15) is 0 Å². The van der Waals surface area contributed by atoms with Crippen LogP contribution in [0.15, 0.2) is 0 Å². The molecular formula is C4H11NO2SSe. The van der Waals surface area contributed by atoms with Crippen molar-refractivity contribution in [2.24, 2.45) is 5.73 Å². The Morgan fingerprint density at radius 3 is 2.78 bits per heavy atom. The van der Waals surface area contributed by atoms with Crippen LogP contribution in [0.5, 0.6) is 0 Å². The van der Waals surface area contributed by atoms with Gasteiger partial charge in [-0.25, -0.2) is 0 Å². The molecule has 2 atom stereocenters. The van der Waals surface area contributed by atoms with Crippen LogP contribution in [-0.2, 0) is 3.83 Å². The summed E-state index contributed by atoms with van der Waals surface area (Å²) in [7, 11) is 0. The molecule has 0 radical (unpaired) electrons. The summed E-state index contributed by atoms with van der Waals surface area (Å²) in [5.74, 6) is 0.865. The first kappa shape index (κ1) is 9.59. The molecule has 3 nitrogen and oxygen atoms in total. The molecule has 9 heavy (non-hydrogen) atoms. The topological polar surface area (TPSA) is 63.3 Å². The molecule has 0 heterocycles. The van der Waals surface area contributed by atoms with E-state index in [9.17, 15) is 3.83 Å². The molecule has 0 saturated heterocycles. The van der Waals surface area contributed by atoms with Crippen LogP contribution in [0.1, 0.15) is 6.42 Å². The molecule has 56 valence electrons. The van der Waals surface area contributed by atoms with Gasteiger partial charge in [0.15, 0.2) is 0 Å². The van der Waals surface area contributed by atoms with Crippen LogP contribution in [0, 0.1) is 0 Å². The quantitative estimate of drug-likeness (QED) is 0.623. The molecule has 2 unspecified atom stereocenters. The predicted octanol–water partition coefficient (Wildman–Crippen LogP) is -0.483. The van der Waals surface area contributed by atoms with Crippen molar-refractivity contribution in [3.63, 3.8) is 0 Å². The van der Waals surface area contributed by atoms with Gasteiger partial charge >= 0.3 is 63.1 Å². The van der Waals surface area contributed by atoms with E-state index in [1.165, 1.54) is 0 Å². The Morgan fingerprint density at radius 2 is 2.44 bits per heavy atom. The second-order valence-electron chi connectivity index (χ2n) is 1.60. The second kappa shape index (κ2) is 5.38. The van der Waals surface area contributed by atoms with E-state index in [1.807, 2.05) is 6.26 Å². The van der Waals surface area contributed by atoms with E-state index >= 15 is 0 Å². The molecule has 5 heteroatoms. The number of thioether (sulfide) groups is 1. The van der Waals surface area contributed by atoms with Gasteiger partial charge in [-0.15, -0.1) is 0 Å². The fourth-order valence-corrected chi connectivity index (χ4v) is 1.83. The van der Waals surface area contributed by atoms with Crippen molar-refractivity contribution in [3.8, 4) is 0 Å². The minimum absolute atomic E-state index is 0.475. The molecular weight excluding hydrogens is 205 g/mol. The van der Waals surface area contributed by atoms with Crippen molar-refractivity contribution < 1.29 is 8.02 Å². The summed E-state index contributed by atoms with van der Waals surface area (Å²) < 4.78 is 18.8. The van der Waals surface area contributed by atoms with Crippen molar-refractivity contribution in [1.29, 1.82) is 0 Å². The Labute approximate surface area is 63.4 Å². The molecule has 0 aliphatic carbocycles. The molecule has 0 aliphatic rings. The number of hydrogen-bond donors (Lipinski definition) is 2. The van der Waals surface area contributed by atoms with Gasteiger partial charge in [0.1, 0.15) is 0 Å². The standard InChI is InChI=1S/C4H11NO2SSe/c1-8-3-2-4(5)9(6)7/h4H,2-3,5H2,1H3,(H,6,7). The third-order valence-electron chi connectivity index (χ3n) is 0.865. The maximum atomic E-state index is 10.3. The van der Waals surface area contributed by atoms with E-state index in [0.717, 1.165) is 5.75 Å². The minimum atomic E-state index is -2.66. The van der Waals surface area contributed by atoms with Crippen LogP contribution in [-0.4, -0.2) is 35.3 Å². The Hall–Kier alpha value is 0.589. The molecule has 0 aromatic heterocycles. The van der Waals surface area contributed by atoms with Crippen molar-refractivity contribution in [2.45, 2.75) is 11.4 Å². The van der Waals surface area contributed by atoms with Crippen LogP contribution in [0.4, 0.5) is 0 Å². The van der Waals surface area contributed by atoms with Crippen LogP contribution in [0.25, 0.3) is 0 Å². The Morgan fingerprint density at radius 1 is 1.89 bits per heavy atom. The zero-order valence-electron chi connectivity index (χ0n) is 5.24. The average Bonchev–Trinajstić information content (AvgIpc) is 1.82. The Balaban J connectivity index is 3.27. The molecule has 0 bridgehead atoms. The number of rotatable bonds is 4. The molecule has 0 aromatic rings. The van der Waals surface area contributed by atoms with Crippen molar-refractivity contribution >= 4 is 25.9 Å².